The number of rotatable bonds is 14. The first-order valence-corrected chi connectivity index (χ1v) is 21.4. The van der Waals surface area contributed by atoms with Crippen molar-refractivity contribution in [1.29, 1.82) is 0 Å². The molecule has 0 radical (unpaired) electrons. The van der Waals surface area contributed by atoms with Gasteiger partial charge in [0.15, 0.2) is 23.0 Å². The molecule has 4 aliphatic rings. The average molecular weight is 943 g/mol. The van der Waals surface area contributed by atoms with Gasteiger partial charge in [-0.25, -0.2) is 14.8 Å². The molecule has 358 valence electrons. The number of nitrogens with zero attached hydrogens (tertiary/aromatic N) is 4. The maximum atomic E-state index is 13.5. The van der Waals surface area contributed by atoms with E-state index in [2.05, 4.69) is 24.2 Å². The van der Waals surface area contributed by atoms with Crippen molar-refractivity contribution in [1.82, 2.24) is 9.80 Å². The quantitative estimate of drug-likeness (QED) is 0.0802. The Morgan fingerprint density at radius 3 is 1.49 bits per heavy atom. The van der Waals surface area contributed by atoms with Crippen molar-refractivity contribution in [3.05, 3.63) is 142 Å². The lowest BCUT2D eigenvalue weighted by Gasteiger charge is -2.46. The molecule has 4 aromatic rings. The number of esters is 2. The molecule has 0 saturated heterocycles. The fraction of sp³-hybridized carbons (Fsp3) is 0.347. The number of hydrogen-bond acceptors (Lipinski definition) is 13. The Kier molecular flexibility index (Phi) is 14.0. The molecule has 8 rings (SSSR count). The number of alkyl halides is 4. The number of halogens is 4. The molecule has 15 nitrogen and oxygen atoms in total. The molecule has 2 heterocycles. The van der Waals surface area contributed by atoms with Gasteiger partial charge in [0.25, 0.3) is 11.8 Å². The lowest BCUT2D eigenvalue weighted by Crippen LogP contribution is -2.46. The van der Waals surface area contributed by atoms with Crippen molar-refractivity contribution in [2.45, 2.75) is 73.8 Å². The normalized spacial score (nSPS) is 24.1. The van der Waals surface area contributed by atoms with Crippen molar-refractivity contribution in [2.24, 2.45) is 21.5 Å². The van der Waals surface area contributed by atoms with Crippen LogP contribution in [0, 0.1) is 0 Å². The molecular weight excluding hydrogens is 893 g/mol. The number of allylic oxidation sites excluding steroid dienone is 1. The van der Waals surface area contributed by atoms with Gasteiger partial charge in [0.2, 0.25) is 0 Å². The van der Waals surface area contributed by atoms with Crippen molar-refractivity contribution in [2.75, 3.05) is 35.4 Å². The Morgan fingerprint density at radius 2 is 1.12 bits per heavy atom. The Morgan fingerprint density at radius 1 is 0.676 bits per heavy atom. The van der Waals surface area contributed by atoms with E-state index in [1.54, 1.807) is 31.4 Å². The van der Waals surface area contributed by atoms with Gasteiger partial charge >= 0.3 is 25.2 Å². The van der Waals surface area contributed by atoms with Gasteiger partial charge in [0.05, 0.1) is 26.2 Å². The molecule has 2 atom stereocenters. The molecule has 2 aliphatic carbocycles. The highest BCUT2D eigenvalue weighted by Crippen LogP contribution is 2.50. The predicted octanol–water partition coefficient (Wildman–Crippen LogP) is 6.44. The van der Waals surface area contributed by atoms with Gasteiger partial charge in [-0.1, -0.05) is 78.4 Å². The van der Waals surface area contributed by atoms with Crippen LogP contribution in [0.2, 0.25) is 0 Å². The van der Waals surface area contributed by atoms with Gasteiger partial charge in [-0.05, 0) is 95.2 Å². The molecule has 68 heavy (non-hydrogen) atoms. The molecular formula is C49H50F4N6O9. The number of guanidine groups is 2. The number of benzene rings is 4. The topological polar surface area (TPSA) is 198 Å². The van der Waals surface area contributed by atoms with E-state index >= 15 is 0 Å². The highest BCUT2D eigenvalue weighted by atomic mass is 19.3. The molecule has 4 N–H and O–H groups in total. The Bertz CT molecular complexity index is 2650. The molecule has 0 bridgehead atoms. The SMILES string of the molecule is COC(=O)C=C1CC(c2cccc(C3(c4ccc(OC(F)F)cc4)N=C(N)N(C)C3=O)c2)C1.COC(=O)CC1(OC)CC(c2cccc(C3(c4ccc(OC(F)F)cc4)N=C(N)N(C)C3=O)c2)C1. The minimum Gasteiger partial charge on any atom is -0.469 e. The number of aliphatic imine (C=N–C) groups is 2. The monoisotopic (exact) mass is 942 g/mol. The van der Waals surface area contributed by atoms with E-state index in [1.807, 2.05) is 36.4 Å². The predicted molar refractivity (Wildman–Crippen MR) is 240 cm³/mol. The molecule has 0 spiro atoms. The average Bonchev–Trinajstić information content (AvgIpc) is 3.68. The minimum absolute atomic E-state index is 0.0206. The van der Waals surface area contributed by atoms with Gasteiger partial charge in [-0.15, -0.1) is 0 Å². The number of likely N-dealkylation sites (N-methyl/N-ethyl adjacent to an activating group) is 2. The lowest BCUT2D eigenvalue weighted by molar-refractivity contribution is -0.155. The van der Waals surface area contributed by atoms with Crippen LogP contribution < -0.4 is 20.9 Å². The van der Waals surface area contributed by atoms with Gasteiger partial charge < -0.3 is 35.2 Å². The summed E-state index contributed by atoms with van der Waals surface area (Å²) < 4.78 is 74.3. The summed E-state index contributed by atoms with van der Waals surface area (Å²) in [7, 11) is 7.34. The number of carbonyl (C=O) groups excluding carboxylic acids is 4. The Hall–Kier alpha value is -7.28. The van der Waals surface area contributed by atoms with Gasteiger partial charge in [0, 0.05) is 27.3 Å². The third kappa shape index (κ3) is 9.34. The zero-order valence-corrected chi connectivity index (χ0v) is 37.8. The van der Waals surface area contributed by atoms with E-state index in [-0.39, 0.29) is 65.4 Å². The third-order valence-corrected chi connectivity index (χ3v) is 12.9. The van der Waals surface area contributed by atoms with Crippen molar-refractivity contribution >= 4 is 35.7 Å². The zero-order chi connectivity index (χ0) is 49.1. The zero-order valence-electron chi connectivity index (χ0n) is 37.8. The number of methoxy groups -OCH3 is 3. The highest BCUT2D eigenvalue weighted by molar-refractivity contribution is 6.09. The van der Waals surface area contributed by atoms with Crippen molar-refractivity contribution in [3.8, 4) is 11.5 Å². The summed E-state index contributed by atoms with van der Waals surface area (Å²) in [6, 6.07) is 26.7. The van der Waals surface area contributed by atoms with E-state index in [9.17, 15) is 36.7 Å². The molecule has 2 amide bonds. The molecule has 4 aromatic carbocycles. The van der Waals surface area contributed by atoms with Crippen LogP contribution >= 0.6 is 0 Å². The number of nitrogens with two attached hydrogens (primary N) is 2. The maximum absolute atomic E-state index is 13.5. The highest BCUT2D eigenvalue weighted by Gasteiger charge is 2.52. The third-order valence-electron chi connectivity index (χ3n) is 12.9. The second-order valence-electron chi connectivity index (χ2n) is 16.8. The first kappa shape index (κ1) is 48.6. The summed E-state index contributed by atoms with van der Waals surface area (Å²) in [5, 5.41) is 0. The molecule has 2 aliphatic heterocycles. The van der Waals surface area contributed by atoms with E-state index in [0.717, 1.165) is 16.7 Å². The van der Waals surface area contributed by atoms with Crippen molar-refractivity contribution in [3.63, 3.8) is 0 Å². The second kappa shape index (κ2) is 19.5. The standard InChI is InChI=1S/C25H27F2N3O5.C24H23F2N3O4/c1-30-21(32)25(29-23(30)28,17-7-9-19(10-8-17)35-22(26)27)18-6-4-5-15(11-18)16-12-24(13-16,34-3)14-20(31)33-2;1-29-21(31)24(28-23(29)27,17-6-8-19(9-7-17)33-22(25)26)18-5-3-4-15(13-18)16-10-14(11-16)12-20(30)32-2/h4-11,16,22H,12-14H2,1-3H3,(H2,28,29);3-9,12-13,16,22H,10-11H2,1-2H3,(H2,27,28). The van der Waals surface area contributed by atoms with Crippen LogP contribution in [0.25, 0.3) is 0 Å². The number of hydrogen-bond donors (Lipinski definition) is 2. The fourth-order valence-corrected chi connectivity index (χ4v) is 9.10. The summed E-state index contributed by atoms with van der Waals surface area (Å²) in [6.45, 7) is -5.91. The molecule has 2 fully saturated rings. The van der Waals surface area contributed by atoms with Crippen LogP contribution in [-0.2, 0) is 44.5 Å². The summed E-state index contributed by atoms with van der Waals surface area (Å²) >= 11 is 0. The number of ether oxygens (including phenoxy) is 5. The largest absolute Gasteiger partial charge is 0.469 e. The van der Waals surface area contributed by atoms with Crippen LogP contribution in [0.4, 0.5) is 17.6 Å². The number of carbonyl (C=O) groups is 4. The van der Waals surface area contributed by atoms with Crippen LogP contribution in [0.15, 0.2) is 119 Å². The van der Waals surface area contributed by atoms with Crippen LogP contribution in [0.3, 0.4) is 0 Å². The Balaban J connectivity index is 0.000000202. The first-order valence-electron chi connectivity index (χ1n) is 21.4. The van der Waals surface area contributed by atoms with E-state index < -0.39 is 29.9 Å². The summed E-state index contributed by atoms with van der Waals surface area (Å²) in [5.74, 6) is -1.06. The molecule has 0 aromatic heterocycles. The van der Waals surface area contributed by atoms with Gasteiger partial charge in [0.1, 0.15) is 11.5 Å². The summed E-state index contributed by atoms with van der Waals surface area (Å²) in [5.41, 5.74) is 13.7. The minimum atomic E-state index is -2.96. The number of amides is 2. The van der Waals surface area contributed by atoms with E-state index in [4.69, 9.17) is 20.9 Å². The van der Waals surface area contributed by atoms with Crippen molar-refractivity contribution < 1.29 is 60.4 Å². The van der Waals surface area contributed by atoms with Crippen LogP contribution in [0.5, 0.6) is 11.5 Å². The van der Waals surface area contributed by atoms with Gasteiger partial charge in [-0.3, -0.25) is 24.2 Å². The summed E-state index contributed by atoms with van der Waals surface area (Å²) in [6.07, 6.45) is 4.33. The van der Waals surface area contributed by atoms with E-state index in [1.165, 1.54) is 80.6 Å². The molecule has 2 saturated carbocycles. The maximum Gasteiger partial charge on any atom is 0.387 e. The second-order valence-corrected chi connectivity index (χ2v) is 16.8. The van der Waals surface area contributed by atoms with E-state index in [0.29, 0.717) is 47.9 Å². The van der Waals surface area contributed by atoms with Crippen LogP contribution in [-0.4, -0.2) is 99.7 Å². The smallest absolute Gasteiger partial charge is 0.387 e. The Labute approximate surface area is 389 Å². The van der Waals surface area contributed by atoms with Gasteiger partial charge in [-0.2, -0.15) is 17.6 Å². The summed E-state index contributed by atoms with van der Waals surface area (Å²) in [4.78, 5) is 61.8. The first-order chi connectivity index (χ1) is 32.4. The fourth-order valence-electron chi connectivity index (χ4n) is 9.10. The lowest BCUT2D eigenvalue weighted by atomic mass is 9.65. The van der Waals surface area contributed by atoms with Crippen LogP contribution in [0.1, 0.15) is 77.3 Å². The molecule has 19 heteroatoms. The molecule has 2 unspecified atom stereocenters.